The molecular formula is C22H21N3O3. The molecule has 0 spiro atoms. The summed E-state index contributed by atoms with van der Waals surface area (Å²) in [5.74, 6) is -0.591. The fraction of sp³-hybridized carbons (Fsp3) is 0.227. The zero-order chi connectivity index (χ0) is 19.5. The van der Waals surface area contributed by atoms with Gasteiger partial charge in [0.2, 0.25) is 0 Å². The number of amides is 1. The van der Waals surface area contributed by atoms with Gasteiger partial charge in [-0.05, 0) is 31.0 Å². The van der Waals surface area contributed by atoms with Gasteiger partial charge < -0.3 is 9.64 Å². The molecule has 0 saturated carbocycles. The zero-order valence-corrected chi connectivity index (χ0v) is 15.6. The third-order valence-corrected chi connectivity index (χ3v) is 4.99. The second-order valence-corrected chi connectivity index (χ2v) is 6.71. The summed E-state index contributed by atoms with van der Waals surface area (Å²) in [6.45, 7) is 0.527. The van der Waals surface area contributed by atoms with Crippen LogP contribution in [0.5, 0.6) is 0 Å². The first kappa shape index (κ1) is 18.0. The summed E-state index contributed by atoms with van der Waals surface area (Å²) < 4.78 is 6.53. The van der Waals surface area contributed by atoms with Crippen molar-refractivity contribution < 1.29 is 14.3 Å². The molecule has 2 heterocycles. The highest BCUT2D eigenvalue weighted by Gasteiger charge is 2.36. The molecule has 0 radical (unpaired) electrons. The highest BCUT2D eigenvalue weighted by atomic mass is 16.5. The highest BCUT2D eigenvalue weighted by Crippen LogP contribution is 2.26. The molecule has 1 atom stereocenters. The molecule has 1 aliphatic rings. The minimum Gasteiger partial charge on any atom is -0.467 e. The Hall–Kier alpha value is -3.41. The van der Waals surface area contributed by atoms with Crippen LogP contribution in [-0.4, -0.2) is 46.3 Å². The predicted molar refractivity (Wildman–Crippen MR) is 105 cm³/mol. The standard InChI is InChI=1S/C22H21N3O3/c1-28-22(27)19-13-8-14-24(19)21(26)20-15-18(16-9-4-2-5-10-16)23-25(20)17-11-6-3-7-12-17/h2-7,9-12,15,19H,8,13-14H2,1H3. The van der Waals surface area contributed by atoms with Crippen molar-refractivity contribution >= 4 is 11.9 Å². The number of nitrogens with zero attached hydrogens (tertiary/aromatic N) is 3. The van der Waals surface area contributed by atoms with E-state index in [1.165, 1.54) is 7.11 Å². The maximum absolute atomic E-state index is 13.4. The van der Waals surface area contributed by atoms with Crippen LogP contribution in [-0.2, 0) is 9.53 Å². The molecule has 0 bridgehead atoms. The second-order valence-electron chi connectivity index (χ2n) is 6.71. The molecule has 4 rings (SSSR count). The summed E-state index contributed by atoms with van der Waals surface area (Å²) in [4.78, 5) is 27.1. The van der Waals surface area contributed by atoms with Crippen molar-refractivity contribution in [3.63, 3.8) is 0 Å². The third-order valence-electron chi connectivity index (χ3n) is 4.99. The number of aromatic nitrogens is 2. The fourth-order valence-electron chi connectivity index (χ4n) is 3.59. The highest BCUT2D eigenvalue weighted by molar-refractivity contribution is 5.97. The van der Waals surface area contributed by atoms with E-state index < -0.39 is 6.04 Å². The molecule has 28 heavy (non-hydrogen) atoms. The van der Waals surface area contributed by atoms with E-state index in [0.29, 0.717) is 24.4 Å². The Morgan fingerprint density at radius 3 is 2.39 bits per heavy atom. The number of para-hydroxylation sites is 1. The zero-order valence-electron chi connectivity index (χ0n) is 15.6. The van der Waals surface area contributed by atoms with E-state index in [0.717, 1.165) is 17.7 Å². The second kappa shape index (κ2) is 7.68. The molecule has 1 aromatic heterocycles. The Bertz CT molecular complexity index is 983. The molecule has 142 valence electrons. The molecule has 1 unspecified atom stereocenters. The Balaban J connectivity index is 1.78. The van der Waals surface area contributed by atoms with Crippen LogP contribution in [0.25, 0.3) is 16.9 Å². The minimum atomic E-state index is -0.545. The van der Waals surface area contributed by atoms with Crippen molar-refractivity contribution in [2.75, 3.05) is 13.7 Å². The summed E-state index contributed by atoms with van der Waals surface area (Å²) in [6.07, 6.45) is 1.39. The lowest BCUT2D eigenvalue weighted by atomic mass is 10.1. The molecule has 2 aromatic carbocycles. The van der Waals surface area contributed by atoms with E-state index in [1.807, 2.05) is 60.7 Å². The van der Waals surface area contributed by atoms with Crippen LogP contribution in [0.1, 0.15) is 23.3 Å². The Morgan fingerprint density at radius 2 is 1.71 bits per heavy atom. The number of carbonyl (C=O) groups excluding carboxylic acids is 2. The van der Waals surface area contributed by atoms with Gasteiger partial charge in [0.15, 0.2) is 0 Å². The average molecular weight is 375 g/mol. The normalized spacial score (nSPS) is 16.2. The van der Waals surface area contributed by atoms with Crippen LogP contribution in [0.3, 0.4) is 0 Å². The molecule has 0 N–H and O–H groups in total. The summed E-state index contributed by atoms with van der Waals surface area (Å²) in [5.41, 5.74) is 2.86. The van der Waals surface area contributed by atoms with Gasteiger partial charge >= 0.3 is 5.97 Å². The van der Waals surface area contributed by atoms with Crippen LogP contribution in [0.4, 0.5) is 0 Å². The van der Waals surface area contributed by atoms with Gasteiger partial charge in [0.05, 0.1) is 18.5 Å². The van der Waals surface area contributed by atoms with E-state index in [9.17, 15) is 9.59 Å². The monoisotopic (exact) mass is 375 g/mol. The summed E-state index contributed by atoms with van der Waals surface area (Å²) in [5, 5.41) is 4.69. The third kappa shape index (κ3) is 3.29. The van der Waals surface area contributed by atoms with Crippen LogP contribution in [0.2, 0.25) is 0 Å². The maximum atomic E-state index is 13.4. The van der Waals surface area contributed by atoms with E-state index in [4.69, 9.17) is 4.74 Å². The van der Waals surface area contributed by atoms with Crippen LogP contribution in [0.15, 0.2) is 66.7 Å². The summed E-state index contributed by atoms with van der Waals surface area (Å²) in [7, 11) is 1.35. The quantitative estimate of drug-likeness (QED) is 0.656. The van der Waals surface area contributed by atoms with Gasteiger partial charge in [0.1, 0.15) is 11.7 Å². The van der Waals surface area contributed by atoms with Crippen molar-refractivity contribution in [3.05, 3.63) is 72.4 Å². The fourth-order valence-corrected chi connectivity index (χ4v) is 3.59. The summed E-state index contributed by atoms with van der Waals surface area (Å²) in [6, 6.07) is 20.5. The predicted octanol–water partition coefficient (Wildman–Crippen LogP) is 3.32. The first-order valence-electron chi connectivity index (χ1n) is 9.29. The van der Waals surface area contributed by atoms with Gasteiger partial charge in [-0.15, -0.1) is 0 Å². The number of rotatable bonds is 4. The lowest BCUT2D eigenvalue weighted by Gasteiger charge is -2.22. The van der Waals surface area contributed by atoms with E-state index in [-0.39, 0.29) is 11.9 Å². The number of hydrogen-bond acceptors (Lipinski definition) is 4. The van der Waals surface area contributed by atoms with Gasteiger partial charge in [-0.2, -0.15) is 5.10 Å². The molecule has 0 aliphatic carbocycles. The topological polar surface area (TPSA) is 64.4 Å². The molecule has 6 heteroatoms. The number of methoxy groups -OCH3 is 1. The number of ether oxygens (including phenoxy) is 1. The van der Waals surface area contributed by atoms with E-state index in [2.05, 4.69) is 5.10 Å². The number of carbonyl (C=O) groups is 2. The first-order valence-corrected chi connectivity index (χ1v) is 9.29. The van der Waals surface area contributed by atoms with Crippen molar-refractivity contribution in [3.8, 4) is 16.9 Å². The Labute approximate surface area is 163 Å². The number of hydrogen-bond donors (Lipinski definition) is 0. The average Bonchev–Trinajstić information content (AvgIpc) is 3.42. The number of esters is 1. The molecule has 6 nitrogen and oxygen atoms in total. The molecule has 1 saturated heterocycles. The largest absolute Gasteiger partial charge is 0.467 e. The van der Waals surface area contributed by atoms with Gasteiger partial charge in [-0.1, -0.05) is 48.5 Å². The van der Waals surface area contributed by atoms with Crippen LogP contribution >= 0.6 is 0 Å². The number of benzene rings is 2. The van der Waals surface area contributed by atoms with Gasteiger partial charge in [0.25, 0.3) is 5.91 Å². The lowest BCUT2D eigenvalue weighted by Crippen LogP contribution is -2.41. The summed E-state index contributed by atoms with van der Waals surface area (Å²) >= 11 is 0. The Morgan fingerprint density at radius 1 is 1.04 bits per heavy atom. The lowest BCUT2D eigenvalue weighted by molar-refractivity contribution is -0.145. The van der Waals surface area contributed by atoms with Crippen molar-refractivity contribution in [1.82, 2.24) is 14.7 Å². The minimum absolute atomic E-state index is 0.216. The molecule has 1 aliphatic heterocycles. The van der Waals surface area contributed by atoms with Gasteiger partial charge in [-0.3, -0.25) is 4.79 Å². The maximum Gasteiger partial charge on any atom is 0.328 e. The van der Waals surface area contributed by atoms with Gasteiger partial charge in [0, 0.05) is 12.1 Å². The van der Waals surface area contributed by atoms with Crippen LogP contribution < -0.4 is 0 Å². The van der Waals surface area contributed by atoms with E-state index >= 15 is 0 Å². The molecule has 3 aromatic rings. The molecule has 1 amide bonds. The van der Waals surface area contributed by atoms with Crippen molar-refractivity contribution in [1.29, 1.82) is 0 Å². The van der Waals surface area contributed by atoms with E-state index in [1.54, 1.807) is 15.6 Å². The smallest absolute Gasteiger partial charge is 0.328 e. The Kier molecular flexibility index (Phi) is 4.93. The van der Waals surface area contributed by atoms with Gasteiger partial charge in [-0.25, -0.2) is 9.48 Å². The van der Waals surface area contributed by atoms with Crippen molar-refractivity contribution in [2.45, 2.75) is 18.9 Å². The number of likely N-dealkylation sites (tertiary alicyclic amines) is 1. The van der Waals surface area contributed by atoms with Crippen molar-refractivity contribution in [2.24, 2.45) is 0 Å². The molecular weight excluding hydrogens is 354 g/mol. The first-order chi connectivity index (χ1) is 13.7. The van der Waals surface area contributed by atoms with Crippen LogP contribution in [0, 0.1) is 0 Å². The molecule has 1 fully saturated rings. The SMILES string of the molecule is COC(=O)C1CCCN1C(=O)c1cc(-c2ccccc2)nn1-c1ccccc1.